The quantitative estimate of drug-likeness (QED) is 0.866. The summed E-state index contributed by atoms with van der Waals surface area (Å²) in [5.41, 5.74) is 1.49. The van der Waals surface area contributed by atoms with Crippen molar-refractivity contribution in [3.05, 3.63) is 30.1 Å². The van der Waals surface area contributed by atoms with Crippen molar-refractivity contribution in [2.24, 2.45) is 4.36 Å². The molecular formula is C15H19N3O2S. The first kappa shape index (κ1) is 14.3. The lowest BCUT2D eigenvalue weighted by Crippen LogP contribution is -1.94. The molecule has 5 nitrogen and oxygen atoms in total. The van der Waals surface area contributed by atoms with Crippen molar-refractivity contribution in [1.82, 2.24) is 10.1 Å². The summed E-state index contributed by atoms with van der Waals surface area (Å²) in [6.45, 7) is 0. The van der Waals surface area contributed by atoms with Gasteiger partial charge in [-0.2, -0.15) is 9.35 Å². The van der Waals surface area contributed by atoms with Crippen molar-refractivity contribution in [2.45, 2.75) is 31.6 Å². The van der Waals surface area contributed by atoms with E-state index in [9.17, 15) is 4.21 Å². The van der Waals surface area contributed by atoms with E-state index in [1.54, 1.807) is 12.5 Å². The monoisotopic (exact) mass is 305 g/mol. The van der Waals surface area contributed by atoms with E-state index >= 15 is 0 Å². The minimum Gasteiger partial charge on any atom is -0.334 e. The van der Waals surface area contributed by atoms with Crippen LogP contribution in [0.25, 0.3) is 11.5 Å². The second-order valence-corrected chi connectivity index (χ2v) is 8.31. The Hall–Kier alpha value is -1.69. The molecule has 0 aliphatic heterocycles. The van der Waals surface area contributed by atoms with Gasteiger partial charge in [0.05, 0.1) is 5.69 Å². The minimum absolute atomic E-state index is 0.431. The molecule has 2 aromatic rings. The van der Waals surface area contributed by atoms with Crippen LogP contribution < -0.4 is 0 Å². The molecule has 0 saturated heterocycles. The van der Waals surface area contributed by atoms with E-state index in [4.69, 9.17) is 4.52 Å². The highest BCUT2D eigenvalue weighted by Crippen LogP contribution is 2.33. The van der Waals surface area contributed by atoms with Crippen LogP contribution in [-0.2, 0) is 9.73 Å². The average Bonchev–Trinajstić information content (AvgIpc) is 3.08. The van der Waals surface area contributed by atoms with Crippen LogP contribution in [0.1, 0.15) is 37.4 Å². The normalized spacial score (nSPS) is 16.3. The SMILES string of the molecule is CS(C)(=O)=Nc1cccc(-c2nc(C3CCCC3)no2)c1. The molecule has 1 aromatic heterocycles. The van der Waals surface area contributed by atoms with Crippen LogP contribution in [0.2, 0.25) is 0 Å². The van der Waals surface area contributed by atoms with Gasteiger partial charge in [-0.3, -0.25) is 0 Å². The van der Waals surface area contributed by atoms with Gasteiger partial charge >= 0.3 is 0 Å². The van der Waals surface area contributed by atoms with Crippen LogP contribution in [0.5, 0.6) is 0 Å². The van der Waals surface area contributed by atoms with Gasteiger partial charge in [-0.1, -0.05) is 24.1 Å². The molecule has 1 fully saturated rings. The number of benzene rings is 1. The fourth-order valence-electron chi connectivity index (χ4n) is 2.65. The molecule has 0 bridgehead atoms. The fraction of sp³-hybridized carbons (Fsp3) is 0.467. The maximum atomic E-state index is 11.8. The second kappa shape index (κ2) is 5.60. The third-order valence-corrected chi connectivity index (χ3v) is 4.23. The van der Waals surface area contributed by atoms with Crippen LogP contribution in [0.15, 0.2) is 33.2 Å². The number of aromatic nitrogens is 2. The highest BCUT2D eigenvalue weighted by Gasteiger charge is 2.22. The first-order valence-electron chi connectivity index (χ1n) is 7.12. The third kappa shape index (κ3) is 3.50. The van der Waals surface area contributed by atoms with Crippen molar-refractivity contribution < 1.29 is 8.73 Å². The molecule has 1 aliphatic carbocycles. The fourth-order valence-corrected chi connectivity index (χ4v) is 3.27. The van der Waals surface area contributed by atoms with Crippen molar-refractivity contribution in [3.8, 4) is 11.5 Å². The highest BCUT2D eigenvalue weighted by atomic mass is 32.2. The van der Waals surface area contributed by atoms with E-state index in [-0.39, 0.29) is 0 Å². The standard InChI is InChI=1S/C15H19N3O2S/c1-21(2,19)18-13-9-5-8-12(10-13)15-16-14(17-20-15)11-6-3-4-7-11/h5,8-11H,3-4,6-7H2,1-2H3. The van der Waals surface area contributed by atoms with E-state index in [1.807, 2.05) is 24.3 Å². The largest absolute Gasteiger partial charge is 0.334 e. The van der Waals surface area contributed by atoms with Crippen LogP contribution in [0.3, 0.4) is 0 Å². The van der Waals surface area contributed by atoms with E-state index in [1.165, 1.54) is 12.8 Å². The molecule has 0 atom stereocenters. The zero-order valence-electron chi connectivity index (χ0n) is 12.3. The van der Waals surface area contributed by atoms with Crippen LogP contribution in [0.4, 0.5) is 5.69 Å². The average molecular weight is 305 g/mol. The molecule has 0 radical (unpaired) electrons. The lowest BCUT2D eigenvalue weighted by Gasteiger charge is -2.00. The van der Waals surface area contributed by atoms with Crippen molar-refractivity contribution in [3.63, 3.8) is 0 Å². The second-order valence-electron chi connectivity index (χ2n) is 5.76. The summed E-state index contributed by atoms with van der Waals surface area (Å²) in [4.78, 5) is 4.51. The Bertz CT molecular complexity index is 746. The Morgan fingerprint density at radius 3 is 2.76 bits per heavy atom. The van der Waals surface area contributed by atoms with Gasteiger partial charge in [0.25, 0.3) is 5.89 Å². The number of rotatable bonds is 3. The summed E-state index contributed by atoms with van der Waals surface area (Å²) in [6.07, 6.45) is 7.99. The lowest BCUT2D eigenvalue weighted by atomic mass is 10.1. The summed E-state index contributed by atoms with van der Waals surface area (Å²) in [5.74, 6) is 1.74. The van der Waals surface area contributed by atoms with Crippen LogP contribution in [-0.4, -0.2) is 26.9 Å². The lowest BCUT2D eigenvalue weighted by molar-refractivity contribution is 0.416. The maximum Gasteiger partial charge on any atom is 0.258 e. The zero-order chi connectivity index (χ0) is 14.9. The van der Waals surface area contributed by atoms with E-state index in [0.717, 1.165) is 24.2 Å². The van der Waals surface area contributed by atoms with Gasteiger partial charge in [0.1, 0.15) is 0 Å². The molecule has 6 heteroatoms. The van der Waals surface area contributed by atoms with Gasteiger partial charge < -0.3 is 4.52 Å². The summed E-state index contributed by atoms with van der Waals surface area (Å²) in [5, 5.41) is 4.11. The molecule has 0 amide bonds. The highest BCUT2D eigenvalue weighted by molar-refractivity contribution is 7.92. The Morgan fingerprint density at radius 1 is 1.29 bits per heavy atom. The van der Waals surface area contributed by atoms with Gasteiger partial charge in [0.2, 0.25) is 0 Å². The Balaban J connectivity index is 1.90. The predicted molar refractivity (Wildman–Crippen MR) is 83.0 cm³/mol. The van der Waals surface area contributed by atoms with Gasteiger partial charge in [-0.05, 0) is 31.0 Å². The molecule has 3 rings (SSSR count). The van der Waals surface area contributed by atoms with Crippen molar-refractivity contribution in [2.75, 3.05) is 12.5 Å². The number of hydrogen-bond acceptors (Lipinski definition) is 5. The Kier molecular flexibility index (Phi) is 3.80. The van der Waals surface area contributed by atoms with Crippen molar-refractivity contribution in [1.29, 1.82) is 0 Å². The summed E-state index contributed by atoms with van der Waals surface area (Å²) in [7, 11) is -2.18. The van der Waals surface area contributed by atoms with Crippen LogP contribution >= 0.6 is 0 Å². The maximum absolute atomic E-state index is 11.8. The van der Waals surface area contributed by atoms with E-state index < -0.39 is 9.73 Å². The molecule has 1 aromatic carbocycles. The zero-order valence-corrected chi connectivity index (χ0v) is 13.1. The molecule has 0 N–H and O–H groups in total. The summed E-state index contributed by atoms with van der Waals surface area (Å²) < 4.78 is 21.3. The smallest absolute Gasteiger partial charge is 0.258 e. The summed E-state index contributed by atoms with van der Waals surface area (Å²) >= 11 is 0. The molecule has 112 valence electrons. The van der Waals surface area contributed by atoms with Gasteiger partial charge in [0, 0.05) is 33.7 Å². The third-order valence-electron chi connectivity index (χ3n) is 3.58. The minimum atomic E-state index is -2.18. The van der Waals surface area contributed by atoms with Gasteiger partial charge in [-0.25, -0.2) is 4.21 Å². The van der Waals surface area contributed by atoms with E-state index in [2.05, 4.69) is 14.5 Å². The molecular weight excluding hydrogens is 286 g/mol. The topological polar surface area (TPSA) is 68.3 Å². The van der Waals surface area contributed by atoms with E-state index in [0.29, 0.717) is 17.5 Å². The van der Waals surface area contributed by atoms with Crippen LogP contribution in [0, 0.1) is 0 Å². The number of nitrogens with zero attached hydrogens (tertiary/aromatic N) is 3. The molecule has 1 aliphatic rings. The number of hydrogen-bond donors (Lipinski definition) is 0. The molecule has 0 spiro atoms. The summed E-state index contributed by atoms with van der Waals surface area (Å²) in [6, 6.07) is 7.42. The predicted octanol–water partition coefficient (Wildman–Crippen LogP) is 3.75. The molecule has 0 unspecified atom stereocenters. The molecule has 21 heavy (non-hydrogen) atoms. The Labute approximate surface area is 125 Å². The van der Waals surface area contributed by atoms with Crippen molar-refractivity contribution >= 4 is 15.4 Å². The molecule has 1 heterocycles. The first-order valence-corrected chi connectivity index (χ1v) is 9.45. The Morgan fingerprint density at radius 2 is 2.05 bits per heavy atom. The first-order chi connectivity index (χ1) is 10.0. The molecule has 1 saturated carbocycles. The van der Waals surface area contributed by atoms with Gasteiger partial charge in [0.15, 0.2) is 5.82 Å². The van der Waals surface area contributed by atoms with Gasteiger partial charge in [-0.15, -0.1) is 0 Å².